The number of aromatic nitrogens is 1. The van der Waals surface area contributed by atoms with Gasteiger partial charge in [-0.25, -0.2) is 13.8 Å². The van der Waals surface area contributed by atoms with E-state index in [0.29, 0.717) is 32.2 Å². The van der Waals surface area contributed by atoms with Crippen LogP contribution in [-0.2, 0) is 17.3 Å². The third-order valence-electron chi connectivity index (χ3n) is 4.38. The summed E-state index contributed by atoms with van der Waals surface area (Å²) in [6, 6.07) is 8.01. The van der Waals surface area contributed by atoms with E-state index in [1.807, 2.05) is 0 Å². The molecule has 3 rings (SSSR count). The number of hydrogen-bond acceptors (Lipinski definition) is 6. The number of benzene rings is 1. The van der Waals surface area contributed by atoms with Gasteiger partial charge in [-0.05, 0) is 29.1 Å². The Kier molecular flexibility index (Phi) is 6.29. The Morgan fingerprint density at radius 1 is 1.24 bits per heavy atom. The number of halogens is 2. The van der Waals surface area contributed by atoms with Crippen molar-refractivity contribution in [2.75, 3.05) is 14.2 Å². The second kappa shape index (κ2) is 8.71. The maximum atomic E-state index is 14.7. The van der Waals surface area contributed by atoms with E-state index in [4.69, 9.17) is 9.47 Å². The van der Waals surface area contributed by atoms with E-state index in [1.165, 1.54) is 26.5 Å². The fourth-order valence-electron chi connectivity index (χ4n) is 2.82. The number of methoxy groups -OCH3 is 2. The normalized spacial score (nSPS) is 11.5. The molecule has 0 aliphatic carbocycles. The Balaban J connectivity index is 1.69. The van der Waals surface area contributed by atoms with Gasteiger partial charge in [-0.3, -0.25) is 15.0 Å². The summed E-state index contributed by atoms with van der Waals surface area (Å²) in [6.07, 6.45) is 1.84. The van der Waals surface area contributed by atoms with Crippen molar-refractivity contribution in [3.63, 3.8) is 0 Å². The first-order valence-corrected chi connectivity index (χ1v) is 9.57. The summed E-state index contributed by atoms with van der Waals surface area (Å²) in [5.74, 6) is -3.08. The van der Waals surface area contributed by atoms with E-state index >= 15 is 0 Å². The SMILES string of the molecule is COc1cc2cc(C(F)(F)CCC(=O)N(O)Cc3cccnc3)sc2cc1OC. The molecule has 0 atom stereocenters. The zero-order chi connectivity index (χ0) is 21.0. The topological polar surface area (TPSA) is 71.9 Å². The molecule has 9 heteroatoms. The minimum atomic E-state index is -3.21. The molecule has 0 bridgehead atoms. The molecule has 0 saturated heterocycles. The van der Waals surface area contributed by atoms with Crippen LogP contribution in [0.2, 0.25) is 0 Å². The molecule has 3 aromatic rings. The molecule has 0 unspecified atom stereocenters. The minimum Gasteiger partial charge on any atom is -0.493 e. The van der Waals surface area contributed by atoms with Crippen LogP contribution in [0.3, 0.4) is 0 Å². The summed E-state index contributed by atoms with van der Waals surface area (Å²) in [5.41, 5.74) is 0.600. The molecule has 0 radical (unpaired) electrons. The molecule has 154 valence electrons. The third kappa shape index (κ3) is 4.80. The predicted octanol–water partition coefficient (Wildman–Crippen LogP) is 4.60. The molecule has 2 aromatic heterocycles. The van der Waals surface area contributed by atoms with E-state index < -0.39 is 24.7 Å². The zero-order valence-corrected chi connectivity index (χ0v) is 16.7. The van der Waals surface area contributed by atoms with Crippen molar-refractivity contribution in [1.29, 1.82) is 0 Å². The summed E-state index contributed by atoms with van der Waals surface area (Å²) in [5, 5.41) is 10.9. The third-order valence-corrected chi connectivity index (χ3v) is 5.59. The second-order valence-electron chi connectivity index (χ2n) is 6.37. The number of carbonyl (C=O) groups is 1. The van der Waals surface area contributed by atoms with Crippen molar-refractivity contribution in [3.05, 3.63) is 53.2 Å². The van der Waals surface area contributed by atoms with Gasteiger partial charge in [0.05, 0.1) is 25.6 Å². The van der Waals surface area contributed by atoms with E-state index in [9.17, 15) is 18.8 Å². The van der Waals surface area contributed by atoms with Crippen molar-refractivity contribution in [1.82, 2.24) is 10.0 Å². The van der Waals surface area contributed by atoms with Gasteiger partial charge >= 0.3 is 0 Å². The molecule has 29 heavy (non-hydrogen) atoms. The maximum Gasteiger partial charge on any atom is 0.282 e. The second-order valence-corrected chi connectivity index (χ2v) is 7.46. The van der Waals surface area contributed by atoms with Gasteiger partial charge in [-0.1, -0.05) is 6.07 Å². The summed E-state index contributed by atoms with van der Waals surface area (Å²) >= 11 is 0.934. The first kappa shape index (κ1) is 20.9. The van der Waals surface area contributed by atoms with Gasteiger partial charge in [0.2, 0.25) is 5.91 Å². The largest absolute Gasteiger partial charge is 0.493 e. The van der Waals surface area contributed by atoms with Gasteiger partial charge in [0, 0.05) is 36.0 Å². The van der Waals surface area contributed by atoms with Gasteiger partial charge in [-0.2, -0.15) is 0 Å². The van der Waals surface area contributed by atoms with Crippen molar-refractivity contribution < 1.29 is 28.3 Å². The van der Waals surface area contributed by atoms with Crippen molar-refractivity contribution in [2.24, 2.45) is 0 Å². The number of ether oxygens (including phenoxy) is 2. The number of hydroxylamine groups is 2. The predicted molar refractivity (Wildman–Crippen MR) is 105 cm³/mol. The van der Waals surface area contributed by atoms with Gasteiger partial charge in [0.25, 0.3) is 5.92 Å². The number of alkyl halides is 2. The minimum absolute atomic E-state index is 0.110. The standard InChI is InChI=1S/C20H20F2N2O4S/c1-27-15-8-14-9-18(29-17(14)10-16(15)28-2)20(21,22)6-5-19(25)24(26)12-13-4-3-7-23-11-13/h3-4,7-11,26H,5-6,12H2,1-2H3. The monoisotopic (exact) mass is 422 g/mol. The molecule has 1 N–H and O–H groups in total. The quantitative estimate of drug-likeness (QED) is 0.424. The van der Waals surface area contributed by atoms with Crippen molar-refractivity contribution >= 4 is 27.3 Å². The number of hydrogen-bond donors (Lipinski definition) is 1. The highest BCUT2D eigenvalue weighted by molar-refractivity contribution is 7.19. The zero-order valence-electron chi connectivity index (χ0n) is 15.9. The van der Waals surface area contributed by atoms with Gasteiger partial charge in [-0.15, -0.1) is 11.3 Å². The highest BCUT2D eigenvalue weighted by Crippen LogP contribution is 2.43. The molecule has 0 spiro atoms. The molecule has 0 saturated carbocycles. The van der Waals surface area contributed by atoms with Crippen LogP contribution in [0.15, 0.2) is 42.7 Å². The van der Waals surface area contributed by atoms with Crippen LogP contribution >= 0.6 is 11.3 Å². The Bertz CT molecular complexity index is 954. The summed E-state index contributed by atoms with van der Waals surface area (Å²) in [4.78, 5) is 15.8. The highest BCUT2D eigenvalue weighted by atomic mass is 32.1. The van der Waals surface area contributed by atoms with Gasteiger partial charge in [0.15, 0.2) is 11.5 Å². The van der Waals surface area contributed by atoms with Crippen LogP contribution < -0.4 is 9.47 Å². The number of thiophene rings is 1. The number of pyridine rings is 1. The lowest BCUT2D eigenvalue weighted by molar-refractivity contribution is -0.169. The van der Waals surface area contributed by atoms with Gasteiger partial charge < -0.3 is 9.47 Å². The molecular formula is C20H20F2N2O4S. The molecule has 6 nitrogen and oxygen atoms in total. The van der Waals surface area contributed by atoms with Gasteiger partial charge in [0.1, 0.15) is 0 Å². The molecule has 1 aromatic carbocycles. The molecular weight excluding hydrogens is 402 g/mol. The summed E-state index contributed by atoms with van der Waals surface area (Å²) in [7, 11) is 2.95. The first-order valence-electron chi connectivity index (χ1n) is 8.76. The lowest BCUT2D eigenvalue weighted by Crippen LogP contribution is -2.28. The maximum absolute atomic E-state index is 14.7. The Hall–Kier alpha value is -2.78. The van der Waals surface area contributed by atoms with E-state index in [-0.39, 0.29) is 11.4 Å². The van der Waals surface area contributed by atoms with Crippen LogP contribution in [0, 0.1) is 0 Å². The first-order chi connectivity index (χ1) is 13.8. The fourth-order valence-corrected chi connectivity index (χ4v) is 3.89. The molecule has 1 amide bonds. The smallest absolute Gasteiger partial charge is 0.282 e. The molecule has 0 fully saturated rings. The van der Waals surface area contributed by atoms with E-state index in [1.54, 1.807) is 30.5 Å². The summed E-state index contributed by atoms with van der Waals surface area (Å²) < 4.78 is 40.4. The summed E-state index contributed by atoms with van der Waals surface area (Å²) in [6.45, 7) is -0.110. The lowest BCUT2D eigenvalue weighted by Gasteiger charge is -2.18. The van der Waals surface area contributed by atoms with Crippen LogP contribution in [0.4, 0.5) is 8.78 Å². The van der Waals surface area contributed by atoms with E-state index in [2.05, 4.69) is 4.98 Å². The van der Waals surface area contributed by atoms with Crippen molar-refractivity contribution in [3.8, 4) is 11.5 Å². The number of amides is 1. The average molecular weight is 422 g/mol. The molecule has 0 aliphatic heterocycles. The van der Waals surface area contributed by atoms with E-state index in [0.717, 1.165) is 11.3 Å². The van der Waals surface area contributed by atoms with Crippen molar-refractivity contribution in [2.45, 2.75) is 25.3 Å². The fraction of sp³-hybridized carbons (Fsp3) is 0.300. The number of rotatable bonds is 8. The number of nitrogens with zero attached hydrogens (tertiary/aromatic N) is 2. The average Bonchev–Trinajstić information content (AvgIpc) is 3.15. The Morgan fingerprint density at radius 2 is 1.97 bits per heavy atom. The lowest BCUT2D eigenvalue weighted by atomic mass is 10.1. The Morgan fingerprint density at radius 3 is 2.62 bits per heavy atom. The number of fused-ring (bicyclic) bond motifs is 1. The highest BCUT2D eigenvalue weighted by Gasteiger charge is 2.35. The van der Waals surface area contributed by atoms with Crippen LogP contribution in [0.5, 0.6) is 11.5 Å². The van der Waals surface area contributed by atoms with Crippen LogP contribution in [-0.4, -0.2) is 35.4 Å². The molecule has 0 aliphatic rings. The Labute approximate surface area is 170 Å². The number of carbonyl (C=O) groups excluding carboxylic acids is 1. The van der Waals surface area contributed by atoms with Crippen LogP contribution in [0.25, 0.3) is 10.1 Å². The molecule has 2 heterocycles. The van der Waals surface area contributed by atoms with Crippen LogP contribution in [0.1, 0.15) is 23.3 Å².